The fourth-order valence-electron chi connectivity index (χ4n) is 0.695. The molecule has 1 heteroatoms. The Labute approximate surface area is 44.4 Å². The zero-order chi connectivity index (χ0) is 5.49. The van der Waals surface area contributed by atoms with Crippen LogP contribution in [0.4, 0.5) is 0 Å². The summed E-state index contributed by atoms with van der Waals surface area (Å²) in [5.74, 6) is 0. The quantitative estimate of drug-likeness (QED) is 0.480. The highest BCUT2D eigenvalue weighted by Crippen LogP contribution is 2.38. The molecule has 1 saturated carbocycles. The molecule has 1 N–H and O–H groups in total. The van der Waals surface area contributed by atoms with Gasteiger partial charge in [0, 0.05) is 0 Å². The summed E-state index contributed by atoms with van der Waals surface area (Å²) in [5.41, 5.74) is 0.111. The van der Waals surface area contributed by atoms with Gasteiger partial charge in [0.25, 0.3) is 0 Å². The van der Waals surface area contributed by atoms with Crippen LogP contribution in [-0.2, 0) is 0 Å². The monoisotopic (exact) mass is 99.1 g/mol. The first-order valence-corrected chi connectivity index (χ1v) is 2.65. The van der Waals surface area contributed by atoms with E-state index >= 15 is 0 Å². The van der Waals surface area contributed by atoms with E-state index in [1.807, 2.05) is 13.8 Å². The Kier molecular flexibility index (Phi) is 0.890. The SMILES string of the molecule is CC1(C)[CH]CC1O. The van der Waals surface area contributed by atoms with Crippen LogP contribution in [0, 0.1) is 11.8 Å². The van der Waals surface area contributed by atoms with Crippen LogP contribution >= 0.6 is 0 Å². The molecule has 1 radical (unpaired) electrons. The first-order chi connectivity index (χ1) is 3.13. The molecule has 0 saturated heterocycles. The van der Waals surface area contributed by atoms with Crippen LogP contribution in [-0.4, -0.2) is 11.2 Å². The molecular weight excluding hydrogens is 88.1 g/mol. The maximum atomic E-state index is 8.94. The number of hydrogen-bond donors (Lipinski definition) is 1. The van der Waals surface area contributed by atoms with Crippen LogP contribution < -0.4 is 0 Å². The van der Waals surface area contributed by atoms with Crippen molar-refractivity contribution < 1.29 is 5.11 Å². The second-order valence-corrected chi connectivity index (χ2v) is 2.78. The van der Waals surface area contributed by atoms with Crippen LogP contribution in [0.25, 0.3) is 0 Å². The third kappa shape index (κ3) is 0.653. The minimum atomic E-state index is -0.0764. The van der Waals surface area contributed by atoms with E-state index in [4.69, 9.17) is 5.11 Å². The summed E-state index contributed by atoms with van der Waals surface area (Å²) in [6.45, 7) is 4.09. The Hall–Kier alpha value is -0.0400. The van der Waals surface area contributed by atoms with Gasteiger partial charge in [-0.05, 0) is 18.3 Å². The maximum absolute atomic E-state index is 8.94. The molecule has 1 fully saturated rings. The number of hydrogen-bond acceptors (Lipinski definition) is 1. The third-order valence-corrected chi connectivity index (χ3v) is 1.73. The lowest BCUT2D eigenvalue weighted by Gasteiger charge is -2.40. The van der Waals surface area contributed by atoms with Crippen molar-refractivity contribution in [3.63, 3.8) is 0 Å². The standard InChI is InChI=1S/C6H11O/c1-6(2)4-3-5(6)7/h4-5,7H,3H2,1-2H3. The molecule has 1 rings (SSSR count). The molecule has 7 heavy (non-hydrogen) atoms. The predicted molar refractivity (Wildman–Crippen MR) is 28.7 cm³/mol. The molecule has 1 atom stereocenters. The summed E-state index contributed by atoms with van der Waals surface area (Å²) in [6.07, 6.45) is 2.94. The van der Waals surface area contributed by atoms with Crippen LogP contribution in [0.3, 0.4) is 0 Å². The van der Waals surface area contributed by atoms with Gasteiger partial charge in [0.1, 0.15) is 0 Å². The summed E-state index contributed by atoms with van der Waals surface area (Å²) in [7, 11) is 0. The van der Waals surface area contributed by atoms with E-state index in [1.165, 1.54) is 0 Å². The topological polar surface area (TPSA) is 20.2 Å². The van der Waals surface area contributed by atoms with E-state index in [2.05, 4.69) is 6.42 Å². The van der Waals surface area contributed by atoms with Gasteiger partial charge in [-0.25, -0.2) is 0 Å². The first-order valence-electron chi connectivity index (χ1n) is 2.65. The van der Waals surface area contributed by atoms with E-state index in [1.54, 1.807) is 0 Å². The lowest BCUT2D eigenvalue weighted by atomic mass is 9.69. The van der Waals surface area contributed by atoms with Gasteiger partial charge in [0.05, 0.1) is 6.10 Å². The average Bonchev–Trinajstić information content (AvgIpc) is 1.63. The Balaban J connectivity index is 2.43. The first kappa shape index (κ1) is 5.10. The van der Waals surface area contributed by atoms with Crippen molar-refractivity contribution in [3.05, 3.63) is 6.42 Å². The summed E-state index contributed by atoms with van der Waals surface area (Å²) in [5, 5.41) is 8.94. The highest BCUT2D eigenvalue weighted by atomic mass is 16.3. The summed E-state index contributed by atoms with van der Waals surface area (Å²) in [4.78, 5) is 0. The molecule has 0 heterocycles. The Bertz CT molecular complexity index is 76.2. The summed E-state index contributed by atoms with van der Waals surface area (Å²) < 4.78 is 0. The number of aliphatic hydroxyl groups is 1. The zero-order valence-corrected chi connectivity index (χ0v) is 4.81. The molecule has 0 aliphatic heterocycles. The van der Waals surface area contributed by atoms with Gasteiger partial charge in [0.15, 0.2) is 0 Å². The van der Waals surface area contributed by atoms with E-state index in [-0.39, 0.29) is 11.5 Å². The average molecular weight is 99.2 g/mol. The molecule has 1 aliphatic rings. The van der Waals surface area contributed by atoms with Gasteiger partial charge in [-0.3, -0.25) is 0 Å². The lowest BCUT2D eigenvalue weighted by Crippen LogP contribution is -2.40. The fraction of sp³-hybridized carbons (Fsp3) is 0.833. The molecule has 1 aliphatic carbocycles. The molecule has 0 aromatic rings. The smallest absolute Gasteiger partial charge is 0.0596 e. The zero-order valence-electron chi connectivity index (χ0n) is 4.81. The minimum absolute atomic E-state index is 0.0764. The van der Waals surface area contributed by atoms with Crippen molar-refractivity contribution in [1.82, 2.24) is 0 Å². The van der Waals surface area contributed by atoms with Crippen molar-refractivity contribution >= 4 is 0 Å². The molecule has 0 aromatic heterocycles. The minimum Gasteiger partial charge on any atom is -0.393 e. The number of rotatable bonds is 0. The molecule has 0 aromatic carbocycles. The predicted octanol–water partition coefficient (Wildman–Crippen LogP) is 0.981. The van der Waals surface area contributed by atoms with Crippen LogP contribution in [0.5, 0.6) is 0 Å². The van der Waals surface area contributed by atoms with Gasteiger partial charge < -0.3 is 5.11 Å². The van der Waals surface area contributed by atoms with Crippen molar-refractivity contribution in [2.45, 2.75) is 26.4 Å². The fourth-order valence-corrected chi connectivity index (χ4v) is 0.695. The molecule has 0 spiro atoms. The van der Waals surface area contributed by atoms with Crippen LogP contribution in [0.1, 0.15) is 20.3 Å². The molecule has 0 amide bonds. The second kappa shape index (κ2) is 1.22. The Morgan fingerprint density at radius 3 is 2.14 bits per heavy atom. The van der Waals surface area contributed by atoms with Gasteiger partial charge in [-0.15, -0.1) is 0 Å². The molecule has 1 nitrogen and oxygen atoms in total. The Morgan fingerprint density at radius 1 is 1.71 bits per heavy atom. The highest BCUT2D eigenvalue weighted by molar-refractivity contribution is 5.03. The van der Waals surface area contributed by atoms with E-state index in [0.29, 0.717) is 0 Å². The van der Waals surface area contributed by atoms with E-state index < -0.39 is 0 Å². The van der Waals surface area contributed by atoms with E-state index in [0.717, 1.165) is 6.42 Å². The molecule has 1 unspecified atom stereocenters. The molecular formula is C6H11O. The summed E-state index contributed by atoms with van der Waals surface area (Å²) >= 11 is 0. The van der Waals surface area contributed by atoms with Crippen molar-refractivity contribution in [2.24, 2.45) is 5.41 Å². The second-order valence-electron chi connectivity index (χ2n) is 2.78. The van der Waals surface area contributed by atoms with Crippen molar-refractivity contribution in [2.75, 3.05) is 0 Å². The Morgan fingerprint density at radius 2 is 2.14 bits per heavy atom. The van der Waals surface area contributed by atoms with Gasteiger partial charge in [-0.1, -0.05) is 13.8 Å². The van der Waals surface area contributed by atoms with E-state index in [9.17, 15) is 0 Å². The summed E-state index contributed by atoms with van der Waals surface area (Å²) in [6, 6.07) is 0. The van der Waals surface area contributed by atoms with Crippen LogP contribution in [0.2, 0.25) is 0 Å². The molecule has 0 bridgehead atoms. The van der Waals surface area contributed by atoms with Gasteiger partial charge >= 0.3 is 0 Å². The van der Waals surface area contributed by atoms with Gasteiger partial charge in [-0.2, -0.15) is 0 Å². The van der Waals surface area contributed by atoms with Crippen molar-refractivity contribution in [3.8, 4) is 0 Å². The molecule has 41 valence electrons. The normalized spacial score (nSPS) is 37.3. The largest absolute Gasteiger partial charge is 0.393 e. The highest BCUT2D eigenvalue weighted by Gasteiger charge is 2.36. The lowest BCUT2D eigenvalue weighted by molar-refractivity contribution is 0.0125. The third-order valence-electron chi connectivity index (χ3n) is 1.73. The van der Waals surface area contributed by atoms with Crippen molar-refractivity contribution in [1.29, 1.82) is 0 Å². The number of aliphatic hydroxyl groups excluding tert-OH is 1. The van der Waals surface area contributed by atoms with Crippen LogP contribution in [0.15, 0.2) is 0 Å². The maximum Gasteiger partial charge on any atom is 0.0596 e. The van der Waals surface area contributed by atoms with Gasteiger partial charge in [0.2, 0.25) is 0 Å².